The topological polar surface area (TPSA) is 49.4 Å². The fraction of sp³-hybridized carbons (Fsp3) is 0.571. The highest BCUT2D eigenvalue weighted by atomic mass is 79.9. The summed E-state index contributed by atoms with van der Waals surface area (Å²) < 4.78 is 27.8. The van der Waals surface area contributed by atoms with Gasteiger partial charge in [-0.1, -0.05) is 13.0 Å². The Morgan fingerprint density at radius 1 is 1.43 bits per heavy atom. The van der Waals surface area contributed by atoms with Gasteiger partial charge in [0.15, 0.2) is 0 Å². The molecule has 21 heavy (non-hydrogen) atoms. The summed E-state index contributed by atoms with van der Waals surface area (Å²) in [5.74, 6) is 0.792. The lowest BCUT2D eigenvalue weighted by atomic mass is 10.2. The van der Waals surface area contributed by atoms with Crippen LogP contribution in [0.5, 0.6) is 0 Å². The molecule has 1 unspecified atom stereocenters. The van der Waals surface area contributed by atoms with Crippen molar-refractivity contribution in [3.8, 4) is 0 Å². The van der Waals surface area contributed by atoms with Crippen LogP contribution in [0.1, 0.15) is 18.9 Å². The molecule has 0 saturated heterocycles. The van der Waals surface area contributed by atoms with Gasteiger partial charge in [0.2, 0.25) is 10.0 Å². The number of halogens is 1. The molecular formula is C14H23BrN2O2S2. The molecule has 0 aliphatic rings. The summed E-state index contributed by atoms with van der Waals surface area (Å²) in [5, 5.41) is 3.04. The molecule has 1 N–H and O–H groups in total. The Bertz CT molecular complexity index is 564. The van der Waals surface area contributed by atoms with E-state index in [1.165, 1.54) is 4.31 Å². The van der Waals surface area contributed by atoms with Crippen LogP contribution in [0.3, 0.4) is 0 Å². The first kappa shape index (κ1) is 19.0. The summed E-state index contributed by atoms with van der Waals surface area (Å²) in [6.07, 6.45) is 2.79. The maximum Gasteiger partial charge on any atom is 0.244 e. The van der Waals surface area contributed by atoms with Crippen molar-refractivity contribution >= 4 is 37.7 Å². The van der Waals surface area contributed by atoms with Gasteiger partial charge in [-0.15, -0.1) is 0 Å². The number of hydrogen-bond acceptors (Lipinski definition) is 4. The van der Waals surface area contributed by atoms with Crippen molar-refractivity contribution in [1.82, 2.24) is 9.62 Å². The van der Waals surface area contributed by atoms with E-state index in [2.05, 4.69) is 21.2 Å². The number of hydrogen-bond donors (Lipinski definition) is 1. The van der Waals surface area contributed by atoms with E-state index in [0.29, 0.717) is 15.9 Å². The summed E-state index contributed by atoms with van der Waals surface area (Å²) in [6.45, 7) is 2.65. The molecule has 1 aromatic carbocycles. The van der Waals surface area contributed by atoms with Gasteiger partial charge in [0.25, 0.3) is 0 Å². The molecule has 0 saturated carbocycles. The second kappa shape index (κ2) is 8.53. The van der Waals surface area contributed by atoms with Crippen molar-refractivity contribution in [3.63, 3.8) is 0 Å². The predicted octanol–water partition coefficient (Wildman–Crippen LogP) is 2.93. The molecule has 0 radical (unpaired) electrons. The fourth-order valence-electron chi connectivity index (χ4n) is 2.08. The Labute approximate surface area is 140 Å². The Kier molecular flexibility index (Phi) is 7.70. The zero-order valence-corrected chi connectivity index (χ0v) is 16.1. The van der Waals surface area contributed by atoms with Crippen LogP contribution in [0.4, 0.5) is 0 Å². The van der Waals surface area contributed by atoms with Gasteiger partial charge in [-0.05, 0) is 53.4 Å². The summed E-state index contributed by atoms with van der Waals surface area (Å²) in [4.78, 5) is 0.331. The van der Waals surface area contributed by atoms with E-state index >= 15 is 0 Å². The average molecular weight is 395 g/mol. The van der Waals surface area contributed by atoms with Crippen LogP contribution in [-0.4, -0.2) is 44.9 Å². The van der Waals surface area contributed by atoms with Crippen LogP contribution in [0, 0.1) is 0 Å². The summed E-state index contributed by atoms with van der Waals surface area (Å²) in [6, 6.07) is 5.45. The smallest absolute Gasteiger partial charge is 0.244 e. The van der Waals surface area contributed by atoms with Gasteiger partial charge < -0.3 is 5.32 Å². The van der Waals surface area contributed by atoms with Crippen molar-refractivity contribution in [2.75, 3.05) is 26.1 Å². The minimum Gasteiger partial charge on any atom is -0.316 e. The first-order chi connectivity index (χ1) is 9.88. The number of sulfonamides is 1. The van der Waals surface area contributed by atoms with E-state index < -0.39 is 10.0 Å². The van der Waals surface area contributed by atoms with E-state index in [0.717, 1.165) is 17.7 Å². The lowest BCUT2D eigenvalue weighted by Gasteiger charge is -2.26. The van der Waals surface area contributed by atoms with Gasteiger partial charge in [0.1, 0.15) is 0 Å². The predicted molar refractivity (Wildman–Crippen MR) is 94.3 cm³/mol. The van der Waals surface area contributed by atoms with E-state index in [1.54, 1.807) is 30.9 Å². The quantitative estimate of drug-likeness (QED) is 0.736. The highest BCUT2D eigenvalue weighted by Gasteiger charge is 2.28. The first-order valence-corrected chi connectivity index (χ1v) is 10.4. The standard InChI is InChI=1S/C14H23BrN2O2S2/c1-5-12(10-20-4)17(3)21(18,19)14-8-11(9-16-2)6-7-13(14)15/h6-8,12,16H,5,9-10H2,1-4H3. The number of nitrogens with one attached hydrogen (secondary N) is 1. The molecule has 0 amide bonds. The zero-order chi connectivity index (χ0) is 16.0. The van der Waals surface area contributed by atoms with Crippen molar-refractivity contribution in [2.45, 2.75) is 30.8 Å². The van der Waals surface area contributed by atoms with Crippen LogP contribution >= 0.6 is 27.7 Å². The SMILES string of the molecule is CCC(CSC)N(C)S(=O)(=O)c1cc(CNC)ccc1Br. The fourth-order valence-corrected chi connectivity index (χ4v) is 5.42. The number of benzene rings is 1. The second-order valence-electron chi connectivity index (χ2n) is 4.83. The molecule has 120 valence electrons. The summed E-state index contributed by atoms with van der Waals surface area (Å²) >= 11 is 5.03. The van der Waals surface area contributed by atoms with Crippen LogP contribution in [0.25, 0.3) is 0 Å². The number of rotatable bonds is 8. The molecule has 1 atom stereocenters. The summed E-state index contributed by atoms with van der Waals surface area (Å²) in [7, 11) is 0.00616. The maximum atomic E-state index is 12.9. The van der Waals surface area contributed by atoms with Gasteiger partial charge >= 0.3 is 0 Å². The third-order valence-electron chi connectivity index (χ3n) is 3.38. The minimum absolute atomic E-state index is 0.00450. The minimum atomic E-state index is -3.50. The van der Waals surface area contributed by atoms with Crippen molar-refractivity contribution in [2.24, 2.45) is 0 Å². The number of nitrogens with zero attached hydrogens (tertiary/aromatic N) is 1. The van der Waals surface area contributed by atoms with Crippen molar-refractivity contribution in [3.05, 3.63) is 28.2 Å². The third kappa shape index (κ3) is 4.69. The Balaban J connectivity index is 3.19. The lowest BCUT2D eigenvalue weighted by Crippen LogP contribution is -2.38. The van der Waals surface area contributed by atoms with E-state index in [-0.39, 0.29) is 6.04 Å². The van der Waals surface area contributed by atoms with E-state index in [4.69, 9.17) is 0 Å². The van der Waals surface area contributed by atoms with Crippen LogP contribution in [0.15, 0.2) is 27.6 Å². The average Bonchev–Trinajstić information content (AvgIpc) is 2.46. The van der Waals surface area contributed by atoms with Crippen molar-refractivity contribution in [1.29, 1.82) is 0 Å². The highest BCUT2D eigenvalue weighted by molar-refractivity contribution is 9.10. The molecule has 0 aliphatic carbocycles. The Hall–Kier alpha value is -0.0800. The first-order valence-electron chi connectivity index (χ1n) is 6.78. The molecule has 1 rings (SSSR count). The molecule has 7 heteroatoms. The van der Waals surface area contributed by atoms with Crippen LogP contribution in [-0.2, 0) is 16.6 Å². The van der Waals surface area contributed by atoms with E-state index in [1.807, 2.05) is 26.3 Å². The summed E-state index contributed by atoms with van der Waals surface area (Å²) in [5.41, 5.74) is 0.950. The highest BCUT2D eigenvalue weighted by Crippen LogP contribution is 2.27. The normalized spacial score (nSPS) is 13.6. The maximum absolute atomic E-state index is 12.9. The molecule has 0 bridgehead atoms. The molecule has 1 aromatic rings. The van der Waals surface area contributed by atoms with Crippen LogP contribution < -0.4 is 5.32 Å². The van der Waals surface area contributed by atoms with Gasteiger partial charge in [-0.3, -0.25) is 0 Å². The van der Waals surface area contributed by atoms with Gasteiger partial charge in [-0.25, -0.2) is 8.42 Å². The lowest BCUT2D eigenvalue weighted by molar-refractivity contribution is 0.385. The largest absolute Gasteiger partial charge is 0.316 e. The molecule has 0 fully saturated rings. The van der Waals surface area contributed by atoms with Crippen molar-refractivity contribution < 1.29 is 8.42 Å². The Morgan fingerprint density at radius 3 is 2.62 bits per heavy atom. The molecule has 0 aromatic heterocycles. The van der Waals surface area contributed by atoms with Gasteiger partial charge in [-0.2, -0.15) is 16.1 Å². The molecule has 0 spiro atoms. The van der Waals surface area contributed by atoms with Gasteiger partial charge in [0, 0.05) is 29.9 Å². The monoisotopic (exact) mass is 394 g/mol. The third-order valence-corrected chi connectivity index (χ3v) is 7.00. The van der Waals surface area contributed by atoms with Gasteiger partial charge in [0.05, 0.1) is 4.90 Å². The molecule has 0 heterocycles. The molecule has 4 nitrogen and oxygen atoms in total. The molecular weight excluding hydrogens is 372 g/mol. The Morgan fingerprint density at radius 2 is 2.10 bits per heavy atom. The zero-order valence-electron chi connectivity index (χ0n) is 12.9. The second-order valence-corrected chi connectivity index (χ2v) is 8.56. The van der Waals surface area contributed by atoms with E-state index in [9.17, 15) is 8.42 Å². The van der Waals surface area contributed by atoms with Crippen LogP contribution in [0.2, 0.25) is 0 Å². The number of thioether (sulfide) groups is 1. The molecule has 0 aliphatic heterocycles.